The molecule has 14 nitrogen and oxygen atoms in total. The second-order valence-corrected chi connectivity index (χ2v) is 17.7. The fourth-order valence-corrected chi connectivity index (χ4v) is 10.0. The van der Waals surface area contributed by atoms with Crippen LogP contribution in [0.4, 0.5) is 31.9 Å². The van der Waals surface area contributed by atoms with Gasteiger partial charge in [-0.2, -0.15) is 10.1 Å². The first kappa shape index (κ1) is 37.7. The molecule has 6 heterocycles. The Morgan fingerprint density at radius 1 is 1.02 bits per heavy atom. The first-order chi connectivity index (χ1) is 28.3. The standard InChI is InChI=1S/C43H49F2N9O5/c1-22-17-42(14-13-32(22)59-26-8-9-27-31(16-26)53(4)51-34(27)28-10-12-33(55)48-39(28)56)19-54(20-42)41-46-18-23(2)38(50-41)47-25-7-11-30-29(15-25)35-36(40(57)52(30)3)58-21-43(44,45)37(49-35)24-5-6-24/h7-9,11,15-16,18,22,24,28,32,37,39,49,56H,5-6,10,12-14,17,19-21H2,1-4H3,(H,48,55)(H,46,47,50)/t22-,28?,32-,37+,39?/m1/s1. The van der Waals surface area contributed by atoms with Crippen molar-refractivity contribution in [2.75, 3.05) is 35.2 Å². The van der Waals surface area contributed by atoms with Crippen LogP contribution in [0.5, 0.6) is 11.5 Å². The van der Waals surface area contributed by atoms with Crippen LogP contribution in [0.3, 0.4) is 0 Å². The summed E-state index contributed by atoms with van der Waals surface area (Å²) >= 11 is 0. The molecular formula is C43H49F2N9O5. The number of pyridine rings is 1. The molecule has 5 aromatic rings. The van der Waals surface area contributed by atoms with Crippen molar-refractivity contribution < 1.29 is 28.2 Å². The Labute approximate surface area is 339 Å². The molecule has 0 bridgehead atoms. The predicted molar refractivity (Wildman–Crippen MR) is 219 cm³/mol. The van der Waals surface area contributed by atoms with Gasteiger partial charge in [-0.15, -0.1) is 0 Å². The van der Waals surface area contributed by atoms with Crippen molar-refractivity contribution in [1.82, 2.24) is 29.6 Å². The van der Waals surface area contributed by atoms with Gasteiger partial charge in [0.15, 0.2) is 6.61 Å². The molecule has 1 spiro atoms. The highest BCUT2D eigenvalue weighted by atomic mass is 19.3. The molecule has 59 heavy (non-hydrogen) atoms. The first-order valence-corrected chi connectivity index (χ1v) is 20.7. The Morgan fingerprint density at radius 3 is 2.59 bits per heavy atom. The van der Waals surface area contributed by atoms with Gasteiger partial charge < -0.3 is 40.0 Å². The average molecular weight is 810 g/mol. The van der Waals surface area contributed by atoms with Crippen LogP contribution in [-0.4, -0.2) is 79.3 Å². The molecule has 5 aliphatic rings. The molecule has 0 radical (unpaired) electrons. The lowest BCUT2D eigenvalue weighted by molar-refractivity contribution is -0.127. The minimum Gasteiger partial charge on any atom is -0.490 e. The molecule has 2 saturated carbocycles. The van der Waals surface area contributed by atoms with Crippen molar-refractivity contribution in [1.29, 1.82) is 0 Å². The van der Waals surface area contributed by atoms with Gasteiger partial charge >= 0.3 is 5.92 Å². The van der Waals surface area contributed by atoms with Crippen LogP contribution in [-0.2, 0) is 18.9 Å². The maximum Gasteiger partial charge on any atom is 0.301 e. The van der Waals surface area contributed by atoms with Crippen LogP contribution in [0.2, 0.25) is 0 Å². The highest BCUT2D eigenvalue weighted by molar-refractivity contribution is 5.97. The lowest BCUT2D eigenvalue weighted by atomic mass is 9.64. The van der Waals surface area contributed by atoms with E-state index >= 15 is 8.78 Å². The summed E-state index contributed by atoms with van der Waals surface area (Å²) in [5, 5.41) is 26.0. The minimum atomic E-state index is -3.12. The number of carbonyl (C=O) groups is 1. The molecule has 2 unspecified atom stereocenters. The SMILES string of the molecule is Cc1cnc(N2CC3(CC[C@@H](Oc4ccc5c(C6CCC(=O)NC6O)nn(C)c5c4)[C@H](C)C3)C2)nc1Nc1ccc2c(c1)c1c(c(=O)n2C)OCC(F)(F)[C@H](C2CC2)N1. The van der Waals surface area contributed by atoms with Crippen LogP contribution in [0.15, 0.2) is 47.4 Å². The number of hydrogen-bond donors (Lipinski definition) is 4. The van der Waals surface area contributed by atoms with E-state index in [0.29, 0.717) is 65.6 Å². The van der Waals surface area contributed by atoms with Crippen molar-refractivity contribution in [2.24, 2.45) is 31.3 Å². The first-order valence-electron chi connectivity index (χ1n) is 20.7. The second-order valence-electron chi connectivity index (χ2n) is 17.7. The molecule has 10 rings (SSSR count). The van der Waals surface area contributed by atoms with E-state index in [2.05, 4.69) is 27.8 Å². The zero-order valence-corrected chi connectivity index (χ0v) is 33.6. The van der Waals surface area contributed by atoms with Crippen molar-refractivity contribution in [2.45, 2.75) is 89.0 Å². The molecule has 2 aromatic carbocycles. The number of aliphatic hydroxyl groups excluding tert-OH is 1. The lowest BCUT2D eigenvalue weighted by Gasteiger charge is -2.55. The fraction of sp³-hybridized carbons (Fsp3) is 0.512. The number of nitrogens with one attached hydrogen (secondary N) is 3. The summed E-state index contributed by atoms with van der Waals surface area (Å²) in [6.45, 7) is 5.05. The summed E-state index contributed by atoms with van der Waals surface area (Å²) in [5.74, 6) is -1.38. The van der Waals surface area contributed by atoms with Gasteiger partial charge in [-0.3, -0.25) is 14.3 Å². The highest BCUT2D eigenvalue weighted by Crippen LogP contribution is 2.49. The van der Waals surface area contributed by atoms with Gasteiger partial charge in [0.1, 0.15) is 23.9 Å². The molecule has 4 N–H and O–H groups in total. The minimum absolute atomic E-state index is 0.0684. The van der Waals surface area contributed by atoms with E-state index < -0.39 is 30.4 Å². The highest BCUT2D eigenvalue weighted by Gasteiger charge is 2.52. The normalized spacial score (nSPS) is 26.1. The van der Waals surface area contributed by atoms with E-state index in [9.17, 15) is 14.7 Å². The molecule has 310 valence electrons. The number of amides is 1. The molecular weight excluding hydrogens is 761 g/mol. The summed E-state index contributed by atoms with van der Waals surface area (Å²) in [7, 11) is 3.51. The number of halogens is 2. The number of piperidine rings is 1. The quantitative estimate of drug-likeness (QED) is 0.156. The number of aryl methyl sites for hydroxylation is 3. The van der Waals surface area contributed by atoms with Crippen molar-refractivity contribution in [3.05, 3.63) is 64.2 Å². The number of benzene rings is 2. The van der Waals surface area contributed by atoms with Gasteiger partial charge in [0.25, 0.3) is 5.56 Å². The number of carbonyl (C=O) groups excluding carboxylic acids is 1. The lowest BCUT2D eigenvalue weighted by Crippen LogP contribution is -2.60. The van der Waals surface area contributed by atoms with Gasteiger partial charge in [0.05, 0.1) is 28.5 Å². The molecule has 1 amide bonds. The number of hydrogen-bond acceptors (Lipinski definition) is 11. The van der Waals surface area contributed by atoms with Gasteiger partial charge in [0.2, 0.25) is 17.6 Å². The third kappa shape index (κ3) is 6.59. The molecule has 16 heteroatoms. The van der Waals surface area contributed by atoms with Gasteiger partial charge in [-0.25, -0.2) is 13.8 Å². The van der Waals surface area contributed by atoms with Crippen molar-refractivity contribution >= 4 is 50.9 Å². The number of rotatable bonds is 7. The number of aliphatic hydroxyl groups is 1. The average Bonchev–Trinajstić information content (AvgIpc) is 4.00. The van der Waals surface area contributed by atoms with Crippen LogP contribution in [0, 0.1) is 24.2 Å². The van der Waals surface area contributed by atoms with E-state index in [1.807, 2.05) is 61.2 Å². The zero-order chi connectivity index (χ0) is 41.0. The zero-order valence-electron chi connectivity index (χ0n) is 33.6. The number of anilines is 4. The number of fused-ring (bicyclic) bond motifs is 4. The third-order valence-corrected chi connectivity index (χ3v) is 13.4. The number of alkyl halides is 2. The number of aromatic nitrogens is 5. The summed E-state index contributed by atoms with van der Waals surface area (Å²) in [6, 6.07) is 10.4. The summed E-state index contributed by atoms with van der Waals surface area (Å²) in [4.78, 5) is 36.9. The van der Waals surface area contributed by atoms with Gasteiger partial charge in [-0.05, 0) is 87.6 Å². The summed E-state index contributed by atoms with van der Waals surface area (Å²) < 4.78 is 45.8. The maximum atomic E-state index is 15.2. The van der Waals surface area contributed by atoms with Crippen LogP contribution >= 0.6 is 0 Å². The molecule has 3 aliphatic heterocycles. The Morgan fingerprint density at radius 2 is 1.83 bits per heavy atom. The van der Waals surface area contributed by atoms with Crippen molar-refractivity contribution in [3.8, 4) is 11.5 Å². The molecule has 2 saturated heterocycles. The maximum absolute atomic E-state index is 15.2. The van der Waals surface area contributed by atoms with Gasteiger partial charge in [-0.1, -0.05) is 6.92 Å². The Kier molecular flexibility index (Phi) is 8.82. The van der Waals surface area contributed by atoms with E-state index in [4.69, 9.17) is 24.5 Å². The van der Waals surface area contributed by atoms with E-state index in [1.165, 1.54) is 4.57 Å². The van der Waals surface area contributed by atoms with Crippen LogP contribution in [0.25, 0.3) is 21.8 Å². The Balaban J connectivity index is 0.813. The smallest absolute Gasteiger partial charge is 0.301 e. The van der Waals surface area contributed by atoms with Crippen molar-refractivity contribution in [3.63, 3.8) is 0 Å². The fourth-order valence-electron chi connectivity index (χ4n) is 10.0. The molecule has 5 atom stereocenters. The molecule has 2 aliphatic carbocycles. The van der Waals surface area contributed by atoms with Crippen LogP contribution in [0.1, 0.15) is 69.0 Å². The third-order valence-electron chi connectivity index (χ3n) is 13.4. The number of nitrogens with zero attached hydrogens (tertiary/aromatic N) is 6. The second kappa shape index (κ2) is 13.8. The van der Waals surface area contributed by atoms with E-state index in [0.717, 1.165) is 60.3 Å². The largest absolute Gasteiger partial charge is 0.490 e. The summed E-state index contributed by atoms with van der Waals surface area (Å²) in [5.41, 5.74) is 3.85. The summed E-state index contributed by atoms with van der Waals surface area (Å²) in [6.07, 6.45) is 6.23. The Hall–Kier alpha value is -5.51. The Bertz CT molecular complexity index is 2570. The predicted octanol–water partition coefficient (Wildman–Crippen LogP) is 5.87. The monoisotopic (exact) mass is 809 g/mol. The topological polar surface area (TPSA) is 161 Å². The molecule has 3 aromatic heterocycles. The molecule has 4 fully saturated rings. The van der Waals surface area contributed by atoms with E-state index in [-0.39, 0.29) is 35.0 Å². The van der Waals surface area contributed by atoms with Gasteiger partial charge in [0, 0.05) is 79.2 Å². The van der Waals surface area contributed by atoms with Crippen LogP contribution < -0.4 is 35.9 Å². The number of ether oxygens (including phenoxy) is 2. The van der Waals surface area contributed by atoms with E-state index in [1.54, 1.807) is 7.05 Å².